The summed E-state index contributed by atoms with van der Waals surface area (Å²) in [5.74, 6) is -0.742. The van der Waals surface area contributed by atoms with Crippen LogP contribution in [-0.4, -0.2) is 37.4 Å². The molecule has 0 amide bonds. The number of carbonyl (C=O) groups is 1. The number of halogens is 4. The maximum Gasteiger partial charge on any atom is 0.573 e. The molecule has 1 aliphatic rings. The van der Waals surface area contributed by atoms with Gasteiger partial charge in [-0.1, -0.05) is 15.9 Å². The van der Waals surface area contributed by atoms with Crippen molar-refractivity contribution in [2.45, 2.75) is 12.9 Å². The van der Waals surface area contributed by atoms with Gasteiger partial charge >= 0.3 is 12.3 Å². The number of esters is 1. The Morgan fingerprint density at radius 2 is 2.10 bits per heavy atom. The van der Waals surface area contributed by atoms with Gasteiger partial charge in [0.1, 0.15) is 5.75 Å². The van der Waals surface area contributed by atoms with E-state index in [1.165, 1.54) is 19.2 Å². The number of nitrogens with zero attached hydrogens (tertiary/aromatic N) is 1. The molecule has 1 saturated heterocycles. The second kappa shape index (κ2) is 6.23. The Kier molecular flexibility index (Phi) is 4.77. The molecule has 1 aromatic rings. The molecular formula is C13H13BrF3NO3. The van der Waals surface area contributed by atoms with Gasteiger partial charge in [0.2, 0.25) is 0 Å². The molecule has 1 aromatic carbocycles. The van der Waals surface area contributed by atoms with Gasteiger partial charge in [-0.25, -0.2) is 0 Å². The van der Waals surface area contributed by atoms with Gasteiger partial charge < -0.3 is 9.47 Å². The molecule has 0 bridgehead atoms. The van der Waals surface area contributed by atoms with E-state index in [0.29, 0.717) is 23.1 Å². The number of alkyl halides is 3. The van der Waals surface area contributed by atoms with Crippen molar-refractivity contribution in [1.82, 2.24) is 4.90 Å². The minimum Gasteiger partial charge on any atom is -0.469 e. The van der Waals surface area contributed by atoms with E-state index in [2.05, 4.69) is 25.4 Å². The van der Waals surface area contributed by atoms with Gasteiger partial charge in [0, 0.05) is 29.7 Å². The first-order valence-corrected chi connectivity index (χ1v) is 6.92. The number of likely N-dealkylation sites (tertiary alicyclic amines) is 1. The van der Waals surface area contributed by atoms with E-state index in [4.69, 9.17) is 0 Å². The Bertz CT molecular complexity index is 530. The largest absolute Gasteiger partial charge is 0.573 e. The standard InChI is InChI=1S/C13H13BrF3NO3/c1-20-12(19)9-6-18(7-9)5-8-4-10(14)2-3-11(8)21-13(15,16)17/h2-4,9H,5-7H2,1H3. The Balaban J connectivity index is 2.03. The smallest absolute Gasteiger partial charge is 0.469 e. The fraction of sp³-hybridized carbons (Fsp3) is 0.462. The Morgan fingerprint density at radius 1 is 1.43 bits per heavy atom. The second-order valence-corrected chi connectivity index (χ2v) is 5.63. The summed E-state index contributed by atoms with van der Waals surface area (Å²) in [7, 11) is 1.31. The molecule has 0 aromatic heterocycles. The van der Waals surface area contributed by atoms with Gasteiger partial charge in [-0.15, -0.1) is 13.2 Å². The SMILES string of the molecule is COC(=O)C1CN(Cc2cc(Br)ccc2OC(F)(F)F)C1. The van der Waals surface area contributed by atoms with Gasteiger partial charge in [0.15, 0.2) is 0 Å². The molecule has 21 heavy (non-hydrogen) atoms. The van der Waals surface area contributed by atoms with Crippen LogP contribution in [0, 0.1) is 5.92 Å². The fourth-order valence-electron chi connectivity index (χ4n) is 2.15. The van der Waals surface area contributed by atoms with Crippen LogP contribution in [0.1, 0.15) is 5.56 Å². The number of methoxy groups -OCH3 is 1. The van der Waals surface area contributed by atoms with Crippen molar-refractivity contribution in [2.75, 3.05) is 20.2 Å². The average molecular weight is 368 g/mol. The molecule has 1 fully saturated rings. The summed E-state index contributed by atoms with van der Waals surface area (Å²) < 4.78 is 46.4. The van der Waals surface area contributed by atoms with Gasteiger partial charge in [-0.3, -0.25) is 9.69 Å². The van der Waals surface area contributed by atoms with Gasteiger partial charge in [-0.05, 0) is 18.2 Å². The molecule has 1 aliphatic heterocycles. The predicted octanol–water partition coefficient (Wildman–Crippen LogP) is 2.95. The average Bonchev–Trinajstić information content (AvgIpc) is 2.34. The zero-order valence-electron chi connectivity index (χ0n) is 11.1. The Morgan fingerprint density at radius 3 is 2.67 bits per heavy atom. The lowest BCUT2D eigenvalue weighted by molar-refractivity contribution is -0.275. The first-order valence-electron chi connectivity index (χ1n) is 6.13. The van der Waals surface area contributed by atoms with E-state index in [1.54, 1.807) is 6.07 Å². The van der Waals surface area contributed by atoms with Crippen molar-refractivity contribution in [2.24, 2.45) is 5.92 Å². The summed E-state index contributed by atoms with van der Waals surface area (Å²) in [6, 6.07) is 4.33. The van der Waals surface area contributed by atoms with Crippen LogP contribution in [0.25, 0.3) is 0 Å². The van der Waals surface area contributed by atoms with Crippen molar-refractivity contribution in [3.63, 3.8) is 0 Å². The minimum atomic E-state index is -4.73. The van der Waals surface area contributed by atoms with Crippen LogP contribution >= 0.6 is 15.9 Å². The highest BCUT2D eigenvalue weighted by atomic mass is 79.9. The topological polar surface area (TPSA) is 38.8 Å². The Hall–Kier alpha value is -1.28. The fourth-order valence-corrected chi connectivity index (χ4v) is 2.56. The van der Waals surface area contributed by atoms with Crippen LogP contribution in [0.4, 0.5) is 13.2 Å². The maximum atomic E-state index is 12.4. The van der Waals surface area contributed by atoms with E-state index in [0.717, 1.165) is 0 Å². The zero-order valence-corrected chi connectivity index (χ0v) is 12.7. The van der Waals surface area contributed by atoms with E-state index in [9.17, 15) is 18.0 Å². The number of carbonyl (C=O) groups excluding carboxylic acids is 1. The van der Waals surface area contributed by atoms with E-state index >= 15 is 0 Å². The number of rotatable bonds is 4. The van der Waals surface area contributed by atoms with Crippen LogP contribution in [0.15, 0.2) is 22.7 Å². The quantitative estimate of drug-likeness (QED) is 0.767. The normalized spacial score (nSPS) is 16.4. The van der Waals surface area contributed by atoms with Crippen LogP contribution in [-0.2, 0) is 16.1 Å². The summed E-state index contributed by atoms with van der Waals surface area (Å²) in [5, 5.41) is 0. The molecule has 4 nitrogen and oxygen atoms in total. The van der Waals surface area contributed by atoms with E-state index < -0.39 is 6.36 Å². The van der Waals surface area contributed by atoms with E-state index in [-0.39, 0.29) is 24.2 Å². The third-order valence-electron chi connectivity index (χ3n) is 3.13. The predicted molar refractivity (Wildman–Crippen MR) is 71.6 cm³/mol. The molecule has 0 N–H and O–H groups in total. The zero-order chi connectivity index (χ0) is 15.6. The minimum absolute atomic E-state index is 0.214. The van der Waals surface area contributed by atoms with Gasteiger partial charge in [0.05, 0.1) is 13.0 Å². The summed E-state index contributed by atoms with van der Waals surface area (Å²) in [5.41, 5.74) is 0.407. The second-order valence-electron chi connectivity index (χ2n) is 4.71. The van der Waals surface area contributed by atoms with Gasteiger partial charge in [-0.2, -0.15) is 0 Å². The first kappa shape index (κ1) is 16.1. The third kappa shape index (κ3) is 4.34. The first-order chi connectivity index (χ1) is 9.78. The highest BCUT2D eigenvalue weighted by Crippen LogP contribution is 2.31. The van der Waals surface area contributed by atoms with Crippen molar-refractivity contribution in [3.8, 4) is 5.75 Å². The Labute approximate surface area is 127 Å². The number of ether oxygens (including phenoxy) is 2. The number of hydrogen-bond acceptors (Lipinski definition) is 4. The highest BCUT2D eigenvalue weighted by Gasteiger charge is 2.35. The van der Waals surface area contributed by atoms with Crippen molar-refractivity contribution in [3.05, 3.63) is 28.2 Å². The molecule has 0 unspecified atom stereocenters. The lowest BCUT2D eigenvalue weighted by atomic mass is 9.99. The summed E-state index contributed by atoms with van der Waals surface area (Å²) in [6.45, 7) is 1.20. The van der Waals surface area contributed by atoms with Gasteiger partial charge in [0.25, 0.3) is 0 Å². The monoisotopic (exact) mass is 367 g/mol. The van der Waals surface area contributed by atoms with Crippen molar-refractivity contribution in [1.29, 1.82) is 0 Å². The molecule has 1 heterocycles. The maximum absolute atomic E-state index is 12.4. The molecule has 8 heteroatoms. The number of benzene rings is 1. The highest BCUT2D eigenvalue weighted by molar-refractivity contribution is 9.10. The molecule has 116 valence electrons. The van der Waals surface area contributed by atoms with Crippen LogP contribution < -0.4 is 4.74 Å². The molecule has 0 saturated carbocycles. The van der Waals surface area contributed by atoms with Crippen LogP contribution in [0.2, 0.25) is 0 Å². The molecule has 0 spiro atoms. The van der Waals surface area contributed by atoms with E-state index in [1.807, 2.05) is 4.90 Å². The summed E-state index contributed by atoms with van der Waals surface area (Å²) in [4.78, 5) is 13.1. The number of hydrogen-bond donors (Lipinski definition) is 0. The summed E-state index contributed by atoms with van der Waals surface area (Å²) in [6.07, 6.45) is -4.73. The summed E-state index contributed by atoms with van der Waals surface area (Å²) >= 11 is 3.22. The lowest BCUT2D eigenvalue weighted by Gasteiger charge is -2.37. The van der Waals surface area contributed by atoms with Crippen molar-refractivity contribution >= 4 is 21.9 Å². The molecule has 0 atom stereocenters. The molecule has 0 aliphatic carbocycles. The molecule has 0 radical (unpaired) electrons. The molecule has 2 rings (SSSR count). The lowest BCUT2D eigenvalue weighted by Crippen LogP contribution is -2.50. The van der Waals surface area contributed by atoms with Crippen molar-refractivity contribution < 1.29 is 27.4 Å². The van der Waals surface area contributed by atoms with Crippen LogP contribution in [0.5, 0.6) is 5.75 Å². The van der Waals surface area contributed by atoms with Crippen LogP contribution in [0.3, 0.4) is 0 Å². The molecular weight excluding hydrogens is 355 g/mol. The third-order valence-corrected chi connectivity index (χ3v) is 3.63.